The SMILES string of the molecule is C[C@@H](O[Si](C)(C)C(C)(C)C)c1ccc(Br)cc1. The van der Waals surface area contributed by atoms with Crippen molar-refractivity contribution in [2.24, 2.45) is 0 Å². The van der Waals surface area contributed by atoms with Crippen LogP contribution in [-0.4, -0.2) is 8.32 Å². The second-order valence-electron chi connectivity index (χ2n) is 6.07. The summed E-state index contributed by atoms with van der Waals surface area (Å²) in [7, 11) is -1.68. The van der Waals surface area contributed by atoms with Crippen molar-refractivity contribution in [2.75, 3.05) is 0 Å². The van der Waals surface area contributed by atoms with Crippen LogP contribution in [0.15, 0.2) is 28.7 Å². The van der Waals surface area contributed by atoms with Crippen LogP contribution in [0.1, 0.15) is 39.4 Å². The van der Waals surface area contributed by atoms with E-state index in [0.717, 1.165) is 4.47 Å². The van der Waals surface area contributed by atoms with Crippen LogP contribution in [0, 0.1) is 0 Å². The third-order valence-corrected chi connectivity index (χ3v) is 8.70. The Morgan fingerprint density at radius 2 is 1.59 bits per heavy atom. The van der Waals surface area contributed by atoms with Gasteiger partial charge in [0, 0.05) is 4.47 Å². The van der Waals surface area contributed by atoms with Crippen molar-refractivity contribution in [1.29, 1.82) is 0 Å². The van der Waals surface area contributed by atoms with E-state index in [9.17, 15) is 0 Å². The molecule has 0 heterocycles. The molecule has 0 saturated carbocycles. The van der Waals surface area contributed by atoms with Crippen LogP contribution >= 0.6 is 15.9 Å². The first-order valence-electron chi connectivity index (χ1n) is 6.07. The van der Waals surface area contributed by atoms with Crippen molar-refractivity contribution < 1.29 is 4.43 Å². The molecule has 0 fully saturated rings. The largest absolute Gasteiger partial charge is 0.410 e. The average molecular weight is 315 g/mol. The average Bonchev–Trinajstić information content (AvgIpc) is 2.16. The summed E-state index contributed by atoms with van der Waals surface area (Å²) < 4.78 is 7.46. The quantitative estimate of drug-likeness (QED) is 0.666. The van der Waals surface area contributed by atoms with Crippen LogP contribution in [0.4, 0.5) is 0 Å². The maximum absolute atomic E-state index is 6.35. The summed E-state index contributed by atoms with van der Waals surface area (Å²) >= 11 is 3.46. The van der Waals surface area contributed by atoms with Gasteiger partial charge in [0.05, 0.1) is 6.10 Å². The Kier molecular flexibility index (Phi) is 4.61. The Morgan fingerprint density at radius 1 is 1.12 bits per heavy atom. The highest BCUT2D eigenvalue weighted by Gasteiger charge is 2.38. The van der Waals surface area contributed by atoms with E-state index in [1.165, 1.54) is 5.56 Å². The van der Waals surface area contributed by atoms with E-state index in [2.05, 4.69) is 81.0 Å². The molecule has 0 aliphatic carbocycles. The van der Waals surface area contributed by atoms with E-state index in [-0.39, 0.29) is 11.1 Å². The van der Waals surface area contributed by atoms with Gasteiger partial charge in [-0.1, -0.05) is 48.8 Å². The molecule has 0 radical (unpaired) electrons. The van der Waals surface area contributed by atoms with Crippen LogP contribution in [0.2, 0.25) is 18.1 Å². The molecule has 0 aliphatic heterocycles. The number of hydrogen-bond acceptors (Lipinski definition) is 1. The van der Waals surface area contributed by atoms with Gasteiger partial charge in [0.15, 0.2) is 8.32 Å². The van der Waals surface area contributed by atoms with Gasteiger partial charge < -0.3 is 4.43 Å². The first-order chi connectivity index (χ1) is 7.63. The molecule has 0 unspecified atom stereocenters. The van der Waals surface area contributed by atoms with Crippen molar-refractivity contribution in [1.82, 2.24) is 0 Å². The third-order valence-electron chi connectivity index (χ3n) is 3.62. The van der Waals surface area contributed by atoms with Gasteiger partial charge in [0.2, 0.25) is 0 Å². The normalized spacial score (nSPS) is 14.8. The molecular formula is C14H23BrOSi. The summed E-state index contributed by atoms with van der Waals surface area (Å²) in [6, 6.07) is 8.39. The molecule has 0 amide bonds. The zero-order chi connectivity index (χ0) is 13.3. The lowest BCUT2D eigenvalue weighted by Gasteiger charge is -2.38. The zero-order valence-electron chi connectivity index (χ0n) is 11.7. The first-order valence-corrected chi connectivity index (χ1v) is 9.77. The highest BCUT2D eigenvalue weighted by atomic mass is 79.9. The lowest BCUT2D eigenvalue weighted by Crippen LogP contribution is -2.41. The second kappa shape index (κ2) is 5.25. The summed E-state index contributed by atoms with van der Waals surface area (Å²) in [4.78, 5) is 0. The second-order valence-corrected chi connectivity index (χ2v) is 11.7. The molecular weight excluding hydrogens is 292 g/mol. The number of benzene rings is 1. The smallest absolute Gasteiger partial charge is 0.192 e. The third kappa shape index (κ3) is 3.93. The van der Waals surface area contributed by atoms with Crippen molar-refractivity contribution in [3.63, 3.8) is 0 Å². The lowest BCUT2D eigenvalue weighted by atomic mass is 10.1. The minimum absolute atomic E-state index is 0.170. The monoisotopic (exact) mass is 314 g/mol. The summed E-state index contributed by atoms with van der Waals surface area (Å²) in [5.41, 5.74) is 1.25. The van der Waals surface area contributed by atoms with Crippen LogP contribution in [0.3, 0.4) is 0 Å². The summed E-state index contributed by atoms with van der Waals surface area (Å²) in [6.45, 7) is 13.5. The van der Waals surface area contributed by atoms with Gasteiger partial charge in [-0.15, -0.1) is 0 Å². The molecule has 0 aromatic heterocycles. The van der Waals surface area contributed by atoms with Crippen molar-refractivity contribution in [3.05, 3.63) is 34.3 Å². The van der Waals surface area contributed by atoms with Gasteiger partial charge in [-0.05, 0) is 42.8 Å². The molecule has 1 aromatic carbocycles. The Bertz CT molecular complexity index is 365. The summed E-state index contributed by atoms with van der Waals surface area (Å²) in [5, 5.41) is 0.261. The van der Waals surface area contributed by atoms with Gasteiger partial charge in [-0.3, -0.25) is 0 Å². The molecule has 1 rings (SSSR count). The van der Waals surface area contributed by atoms with E-state index in [1.54, 1.807) is 0 Å². The Morgan fingerprint density at radius 3 is 2.00 bits per heavy atom. The molecule has 0 spiro atoms. The molecule has 96 valence electrons. The van der Waals surface area contributed by atoms with Crippen LogP contribution in [0.25, 0.3) is 0 Å². The molecule has 1 aromatic rings. The minimum atomic E-state index is -1.68. The standard InChI is InChI=1S/C14H23BrOSi/c1-11(12-7-9-13(15)10-8-12)16-17(5,6)14(2,3)4/h7-11H,1-6H3/t11-/m1/s1. The Labute approximate surface area is 115 Å². The summed E-state index contributed by atoms with van der Waals surface area (Å²) in [6.07, 6.45) is 0.170. The maximum atomic E-state index is 6.35. The van der Waals surface area contributed by atoms with Crippen molar-refractivity contribution in [2.45, 2.75) is 51.9 Å². The predicted molar refractivity (Wildman–Crippen MR) is 80.8 cm³/mol. The van der Waals surface area contributed by atoms with E-state index in [0.29, 0.717) is 0 Å². The van der Waals surface area contributed by atoms with Crippen LogP contribution < -0.4 is 0 Å². The molecule has 0 N–H and O–H groups in total. The first kappa shape index (κ1) is 14.9. The summed E-state index contributed by atoms with van der Waals surface area (Å²) in [5.74, 6) is 0. The topological polar surface area (TPSA) is 9.23 Å². The highest BCUT2D eigenvalue weighted by molar-refractivity contribution is 9.10. The number of halogens is 1. The van der Waals surface area contributed by atoms with Crippen molar-refractivity contribution >= 4 is 24.2 Å². The van der Waals surface area contributed by atoms with Crippen molar-refractivity contribution in [3.8, 4) is 0 Å². The zero-order valence-corrected chi connectivity index (χ0v) is 14.3. The van der Waals surface area contributed by atoms with Crippen LogP contribution in [-0.2, 0) is 4.43 Å². The molecule has 0 bridgehead atoms. The van der Waals surface area contributed by atoms with Gasteiger partial charge in [0.25, 0.3) is 0 Å². The maximum Gasteiger partial charge on any atom is 0.192 e. The molecule has 0 saturated heterocycles. The van der Waals surface area contributed by atoms with Gasteiger partial charge >= 0.3 is 0 Å². The minimum Gasteiger partial charge on any atom is -0.410 e. The molecule has 1 atom stereocenters. The lowest BCUT2D eigenvalue weighted by molar-refractivity contribution is 0.203. The molecule has 17 heavy (non-hydrogen) atoms. The van der Waals surface area contributed by atoms with Gasteiger partial charge in [0.1, 0.15) is 0 Å². The van der Waals surface area contributed by atoms with Gasteiger partial charge in [-0.2, -0.15) is 0 Å². The molecule has 0 aliphatic rings. The fraction of sp³-hybridized carbons (Fsp3) is 0.571. The van der Waals surface area contributed by atoms with E-state index >= 15 is 0 Å². The Hall–Kier alpha value is -0.123. The van der Waals surface area contributed by atoms with E-state index < -0.39 is 8.32 Å². The Balaban J connectivity index is 2.79. The van der Waals surface area contributed by atoms with E-state index in [1.807, 2.05) is 0 Å². The molecule has 1 nitrogen and oxygen atoms in total. The number of rotatable bonds is 3. The van der Waals surface area contributed by atoms with E-state index in [4.69, 9.17) is 4.43 Å². The predicted octanol–water partition coefficient (Wildman–Crippen LogP) is 5.53. The van der Waals surface area contributed by atoms with Crippen LogP contribution in [0.5, 0.6) is 0 Å². The fourth-order valence-electron chi connectivity index (χ4n) is 1.42. The van der Waals surface area contributed by atoms with Gasteiger partial charge in [-0.25, -0.2) is 0 Å². The molecule has 3 heteroatoms. The highest BCUT2D eigenvalue weighted by Crippen LogP contribution is 2.39. The fourth-order valence-corrected chi connectivity index (χ4v) is 3.06. The number of hydrogen-bond donors (Lipinski definition) is 0.